The summed E-state index contributed by atoms with van der Waals surface area (Å²) in [5.74, 6) is 1.38. The summed E-state index contributed by atoms with van der Waals surface area (Å²) in [7, 11) is 0. The molecule has 1 saturated carbocycles. The SMILES string of the molecule is Cc1cnc(N)nc1NCCNC(=O)C1CC1. The molecule has 1 heterocycles. The van der Waals surface area contributed by atoms with Gasteiger partial charge in [-0.1, -0.05) is 0 Å². The van der Waals surface area contributed by atoms with Gasteiger partial charge in [-0.2, -0.15) is 4.98 Å². The first-order valence-electron chi connectivity index (χ1n) is 5.77. The zero-order valence-electron chi connectivity index (χ0n) is 9.86. The minimum atomic E-state index is 0.158. The fourth-order valence-corrected chi connectivity index (χ4v) is 1.49. The molecule has 1 fully saturated rings. The molecule has 1 amide bonds. The molecule has 0 aromatic carbocycles. The van der Waals surface area contributed by atoms with Gasteiger partial charge in [0.25, 0.3) is 0 Å². The molecule has 1 aromatic rings. The Kier molecular flexibility index (Phi) is 3.41. The van der Waals surface area contributed by atoms with Crippen LogP contribution in [0.3, 0.4) is 0 Å². The third-order valence-corrected chi connectivity index (χ3v) is 2.66. The van der Waals surface area contributed by atoms with Crippen molar-refractivity contribution in [2.75, 3.05) is 24.1 Å². The Balaban J connectivity index is 1.73. The number of carbonyl (C=O) groups is 1. The Labute approximate surface area is 100 Å². The highest BCUT2D eigenvalue weighted by atomic mass is 16.2. The van der Waals surface area contributed by atoms with Crippen molar-refractivity contribution < 1.29 is 4.79 Å². The van der Waals surface area contributed by atoms with Crippen LogP contribution in [0.4, 0.5) is 11.8 Å². The van der Waals surface area contributed by atoms with E-state index in [0.717, 1.165) is 24.2 Å². The van der Waals surface area contributed by atoms with Crippen molar-refractivity contribution in [2.45, 2.75) is 19.8 Å². The Morgan fingerprint density at radius 1 is 1.53 bits per heavy atom. The largest absolute Gasteiger partial charge is 0.368 e. The third kappa shape index (κ3) is 3.30. The van der Waals surface area contributed by atoms with Crippen LogP contribution in [0, 0.1) is 12.8 Å². The van der Waals surface area contributed by atoms with E-state index in [-0.39, 0.29) is 17.8 Å². The number of anilines is 2. The number of aromatic nitrogens is 2. The Bertz CT molecular complexity index is 416. The Morgan fingerprint density at radius 3 is 3.00 bits per heavy atom. The number of nitrogens with two attached hydrogens (primary N) is 1. The van der Waals surface area contributed by atoms with Crippen LogP contribution >= 0.6 is 0 Å². The van der Waals surface area contributed by atoms with Gasteiger partial charge in [0.2, 0.25) is 11.9 Å². The molecular formula is C11H17N5O. The molecule has 0 radical (unpaired) electrons. The second-order valence-electron chi connectivity index (χ2n) is 4.25. The maximum absolute atomic E-state index is 11.4. The maximum atomic E-state index is 11.4. The highest BCUT2D eigenvalue weighted by molar-refractivity contribution is 5.80. The molecular weight excluding hydrogens is 218 g/mol. The summed E-state index contributed by atoms with van der Waals surface area (Å²) < 4.78 is 0. The zero-order chi connectivity index (χ0) is 12.3. The lowest BCUT2D eigenvalue weighted by Crippen LogP contribution is -2.30. The van der Waals surface area contributed by atoms with E-state index in [1.165, 1.54) is 0 Å². The predicted molar refractivity (Wildman–Crippen MR) is 65.4 cm³/mol. The van der Waals surface area contributed by atoms with Gasteiger partial charge in [-0.3, -0.25) is 4.79 Å². The van der Waals surface area contributed by atoms with Crippen molar-refractivity contribution in [1.82, 2.24) is 15.3 Å². The lowest BCUT2D eigenvalue weighted by Gasteiger charge is -2.09. The van der Waals surface area contributed by atoms with Crippen LogP contribution < -0.4 is 16.4 Å². The predicted octanol–water partition coefficient (Wildman–Crippen LogP) is 0.305. The average Bonchev–Trinajstić information content (AvgIpc) is 3.12. The number of nitrogens with zero attached hydrogens (tertiary/aromatic N) is 2. The van der Waals surface area contributed by atoms with E-state index in [9.17, 15) is 4.79 Å². The molecule has 6 heteroatoms. The number of rotatable bonds is 5. The van der Waals surface area contributed by atoms with E-state index in [1.807, 2.05) is 6.92 Å². The average molecular weight is 235 g/mol. The topological polar surface area (TPSA) is 92.9 Å². The quantitative estimate of drug-likeness (QED) is 0.638. The third-order valence-electron chi connectivity index (χ3n) is 2.66. The Morgan fingerprint density at radius 2 is 2.29 bits per heavy atom. The van der Waals surface area contributed by atoms with Gasteiger partial charge in [-0.25, -0.2) is 4.98 Å². The van der Waals surface area contributed by atoms with Crippen molar-refractivity contribution in [1.29, 1.82) is 0 Å². The Hall–Kier alpha value is -1.85. The summed E-state index contributed by atoms with van der Waals surface area (Å²) in [5.41, 5.74) is 6.43. The fourth-order valence-electron chi connectivity index (χ4n) is 1.49. The van der Waals surface area contributed by atoms with Gasteiger partial charge in [0.05, 0.1) is 0 Å². The summed E-state index contributed by atoms with van der Waals surface area (Å²) in [4.78, 5) is 19.3. The number of nitrogen functional groups attached to an aromatic ring is 1. The van der Waals surface area contributed by atoms with Crippen molar-refractivity contribution in [3.05, 3.63) is 11.8 Å². The molecule has 92 valence electrons. The zero-order valence-corrected chi connectivity index (χ0v) is 9.86. The van der Waals surface area contributed by atoms with E-state index in [2.05, 4.69) is 20.6 Å². The van der Waals surface area contributed by atoms with Crippen molar-refractivity contribution in [3.63, 3.8) is 0 Å². The molecule has 17 heavy (non-hydrogen) atoms. The second kappa shape index (κ2) is 4.99. The van der Waals surface area contributed by atoms with Crippen LogP contribution in [0.15, 0.2) is 6.20 Å². The second-order valence-corrected chi connectivity index (χ2v) is 4.25. The molecule has 6 nitrogen and oxygen atoms in total. The summed E-state index contributed by atoms with van der Waals surface area (Å²) in [6, 6.07) is 0. The monoisotopic (exact) mass is 235 g/mol. The number of hydrogen-bond acceptors (Lipinski definition) is 5. The smallest absolute Gasteiger partial charge is 0.223 e. The fraction of sp³-hybridized carbons (Fsp3) is 0.545. The van der Waals surface area contributed by atoms with Gasteiger partial charge >= 0.3 is 0 Å². The molecule has 0 saturated heterocycles. The number of carbonyl (C=O) groups excluding carboxylic acids is 1. The van der Waals surface area contributed by atoms with Crippen molar-refractivity contribution in [2.24, 2.45) is 5.92 Å². The maximum Gasteiger partial charge on any atom is 0.223 e. The van der Waals surface area contributed by atoms with Crippen molar-refractivity contribution >= 4 is 17.7 Å². The first kappa shape index (κ1) is 11.6. The first-order chi connectivity index (χ1) is 8.16. The van der Waals surface area contributed by atoms with E-state index in [0.29, 0.717) is 13.1 Å². The summed E-state index contributed by atoms with van der Waals surface area (Å²) >= 11 is 0. The van der Waals surface area contributed by atoms with Crippen LogP contribution in [-0.4, -0.2) is 29.0 Å². The molecule has 1 aromatic heterocycles. The van der Waals surface area contributed by atoms with E-state index >= 15 is 0 Å². The van der Waals surface area contributed by atoms with Gasteiger partial charge in [0.1, 0.15) is 5.82 Å². The lowest BCUT2D eigenvalue weighted by molar-refractivity contribution is -0.122. The van der Waals surface area contributed by atoms with Crippen LogP contribution in [0.25, 0.3) is 0 Å². The number of nitrogens with one attached hydrogen (secondary N) is 2. The highest BCUT2D eigenvalue weighted by Gasteiger charge is 2.28. The molecule has 0 unspecified atom stereocenters. The van der Waals surface area contributed by atoms with Crippen LogP contribution in [-0.2, 0) is 4.79 Å². The number of aryl methyl sites for hydroxylation is 1. The summed E-state index contributed by atoms with van der Waals surface area (Å²) in [5, 5.41) is 6.00. The minimum absolute atomic E-state index is 0.158. The van der Waals surface area contributed by atoms with E-state index in [4.69, 9.17) is 5.73 Å². The van der Waals surface area contributed by atoms with Crippen LogP contribution in [0.2, 0.25) is 0 Å². The van der Waals surface area contributed by atoms with Crippen molar-refractivity contribution in [3.8, 4) is 0 Å². The number of hydrogen-bond donors (Lipinski definition) is 3. The number of amides is 1. The van der Waals surface area contributed by atoms with Crippen LogP contribution in [0.1, 0.15) is 18.4 Å². The normalized spacial score (nSPS) is 14.4. The molecule has 0 bridgehead atoms. The van der Waals surface area contributed by atoms with Gasteiger partial charge in [0, 0.05) is 30.8 Å². The summed E-state index contributed by atoms with van der Waals surface area (Å²) in [6.45, 7) is 3.14. The molecule has 1 aliphatic carbocycles. The summed E-state index contributed by atoms with van der Waals surface area (Å²) in [6.07, 6.45) is 3.73. The van der Waals surface area contributed by atoms with Gasteiger partial charge in [-0.15, -0.1) is 0 Å². The van der Waals surface area contributed by atoms with E-state index < -0.39 is 0 Å². The minimum Gasteiger partial charge on any atom is -0.368 e. The molecule has 0 atom stereocenters. The van der Waals surface area contributed by atoms with Crippen LogP contribution in [0.5, 0.6) is 0 Å². The van der Waals surface area contributed by atoms with E-state index in [1.54, 1.807) is 6.20 Å². The van der Waals surface area contributed by atoms with Gasteiger partial charge in [0.15, 0.2) is 0 Å². The highest BCUT2D eigenvalue weighted by Crippen LogP contribution is 2.28. The molecule has 0 spiro atoms. The first-order valence-corrected chi connectivity index (χ1v) is 5.77. The van der Waals surface area contributed by atoms with Gasteiger partial charge in [-0.05, 0) is 19.8 Å². The molecule has 0 aliphatic heterocycles. The van der Waals surface area contributed by atoms with Gasteiger partial charge < -0.3 is 16.4 Å². The molecule has 1 aliphatic rings. The standard InChI is InChI=1S/C11H17N5O/c1-7-6-15-11(12)16-9(7)13-4-5-14-10(17)8-2-3-8/h6,8H,2-5H2,1H3,(H,14,17)(H3,12,13,15,16). The molecule has 4 N–H and O–H groups in total. The lowest BCUT2D eigenvalue weighted by atomic mass is 10.3. The molecule has 2 rings (SSSR count).